The summed E-state index contributed by atoms with van der Waals surface area (Å²) in [4.78, 5) is 28.5. The molecule has 0 atom stereocenters. The fourth-order valence-corrected chi connectivity index (χ4v) is 2.80. The highest BCUT2D eigenvalue weighted by molar-refractivity contribution is 5.92. The number of anilines is 1. The van der Waals surface area contributed by atoms with Gasteiger partial charge in [-0.1, -0.05) is 6.92 Å². The van der Waals surface area contributed by atoms with E-state index >= 15 is 0 Å². The van der Waals surface area contributed by atoms with Gasteiger partial charge in [-0.15, -0.1) is 0 Å². The second-order valence-electron chi connectivity index (χ2n) is 6.57. The van der Waals surface area contributed by atoms with Crippen LogP contribution in [0.3, 0.4) is 0 Å². The van der Waals surface area contributed by atoms with Crippen molar-refractivity contribution in [1.29, 1.82) is 0 Å². The van der Waals surface area contributed by atoms with Gasteiger partial charge in [0.2, 0.25) is 11.8 Å². The minimum atomic E-state index is -0.138. The first kappa shape index (κ1) is 21.0. The molecule has 1 rings (SSSR count). The number of carbonyl (C=O) groups excluding carboxylic acids is 2. The van der Waals surface area contributed by atoms with Crippen molar-refractivity contribution in [2.75, 3.05) is 32.1 Å². The van der Waals surface area contributed by atoms with E-state index in [9.17, 15) is 9.59 Å². The van der Waals surface area contributed by atoms with E-state index in [2.05, 4.69) is 5.32 Å². The summed E-state index contributed by atoms with van der Waals surface area (Å²) in [7, 11) is 1.60. The summed E-state index contributed by atoms with van der Waals surface area (Å²) in [6.45, 7) is 11.0. The van der Waals surface area contributed by atoms with E-state index in [0.29, 0.717) is 12.2 Å². The quantitative estimate of drug-likeness (QED) is 0.744. The van der Waals surface area contributed by atoms with Gasteiger partial charge in [0.05, 0.1) is 20.2 Å². The Balaban J connectivity index is 2.61. The van der Waals surface area contributed by atoms with Crippen molar-refractivity contribution >= 4 is 17.5 Å². The Morgan fingerprint density at radius 2 is 1.60 bits per heavy atom. The molecule has 1 aromatic rings. The van der Waals surface area contributed by atoms with E-state index < -0.39 is 0 Å². The number of methoxy groups -OCH3 is 1. The van der Waals surface area contributed by atoms with Crippen LogP contribution < -0.4 is 10.1 Å². The Morgan fingerprint density at radius 1 is 1.04 bits per heavy atom. The van der Waals surface area contributed by atoms with Crippen LogP contribution in [0.4, 0.5) is 5.69 Å². The summed E-state index contributed by atoms with van der Waals surface area (Å²) >= 11 is 0. The maximum absolute atomic E-state index is 12.5. The number of hydrogen-bond acceptors (Lipinski definition) is 4. The SMILES string of the molecule is CCN(CC(=O)Nc1ccc(OC)cc1)CC(=O)N(C(C)C)C(C)C. The molecule has 1 N–H and O–H groups in total. The van der Waals surface area contributed by atoms with Crippen LogP contribution in [0.25, 0.3) is 0 Å². The Labute approximate surface area is 151 Å². The maximum atomic E-state index is 12.5. The summed E-state index contributed by atoms with van der Waals surface area (Å²) in [6.07, 6.45) is 0. The summed E-state index contributed by atoms with van der Waals surface area (Å²) < 4.78 is 5.10. The lowest BCUT2D eigenvalue weighted by atomic mass is 10.2. The molecule has 0 saturated heterocycles. The molecule has 1 aromatic carbocycles. The number of likely N-dealkylation sites (N-methyl/N-ethyl adjacent to an activating group) is 1. The van der Waals surface area contributed by atoms with Crippen molar-refractivity contribution in [2.24, 2.45) is 0 Å². The van der Waals surface area contributed by atoms with Crippen LogP contribution in [0.2, 0.25) is 0 Å². The molecule has 0 heterocycles. The van der Waals surface area contributed by atoms with Crippen molar-refractivity contribution in [3.8, 4) is 5.75 Å². The topological polar surface area (TPSA) is 61.9 Å². The van der Waals surface area contributed by atoms with E-state index in [-0.39, 0.29) is 37.0 Å². The molecule has 0 spiro atoms. The molecule has 0 aliphatic rings. The van der Waals surface area contributed by atoms with Crippen LogP contribution in [0.15, 0.2) is 24.3 Å². The predicted molar refractivity (Wildman–Crippen MR) is 101 cm³/mol. The predicted octanol–water partition coefficient (Wildman–Crippen LogP) is 2.60. The molecule has 2 amide bonds. The number of carbonyl (C=O) groups is 2. The molecule has 0 aliphatic heterocycles. The Hall–Kier alpha value is -2.08. The van der Waals surface area contributed by atoms with Crippen LogP contribution in [0, 0.1) is 0 Å². The monoisotopic (exact) mass is 349 g/mol. The first-order chi connectivity index (χ1) is 11.8. The lowest BCUT2D eigenvalue weighted by molar-refractivity contribution is -0.136. The van der Waals surface area contributed by atoms with Gasteiger partial charge in [-0.2, -0.15) is 0 Å². The molecular weight excluding hydrogens is 318 g/mol. The summed E-state index contributed by atoms with van der Waals surface area (Å²) in [5, 5.41) is 2.84. The highest BCUT2D eigenvalue weighted by Crippen LogP contribution is 2.15. The molecule has 0 aliphatic carbocycles. The first-order valence-electron chi connectivity index (χ1n) is 8.75. The Morgan fingerprint density at radius 3 is 2.04 bits per heavy atom. The number of benzene rings is 1. The first-order valence-corrected chi connectivity index (χ1v) is 8.75. The van der Waals surface area contributed by atoms with Crippen LogP contribution in [-0.4, -0.2) is 60.4 Å². The van der Waals surface area contributed by atoms with Gasteiger partial charge in [-0.05, 0) is 58.5 Å². The summed E-state index contributed by atoms with van der Waals surface area (Å²) in [5.74, 6) is 0.644. The van der Waals surface area contributed by atoms with Crippen molar-refractivity contribution < 1.29 is 14.3 Å². The van der Waals surface area contributed by atoms with E-state index in [4.69, 9.17) is 4.74 Å². The van der Waals surface area contributed by atoms with Crippen molar-refractivity contribution in [1.82, 2.24) is 9.80 Å². The zero-order valence-electron chi connectivity index (χ0n) is 16.2. The van der Waals surface area contributed by atoms with E-state index in [1.165, 1.54) is 0 Å². The van der Waals surface area contributed by atoms with Gasteiger partial charge in [-0.25, -0.2) is 0 Å². The zero-order chi connectivity index (χ0) is 19.0. The summed E-state index contributed by atoms with van der Waals surface area (Å²) in [6, 6.07) is 7.44. The normalized spacial score (nSPS) is 11.1. The van der Waals surface area contributed by atoms with E-state index in [0.717, 1.165) is 5.75 Å². The molecule has 25 heavy (non-hydrogen) atoms. The highest BCUT2D eigenvalue weighted by atomic mass is 16.5. The van der Waals surface area contributed by atoms with Gasteiger partial charge < -0.3 is 15.0 Å². The molecule has 0 bridgehead atoms. The van der Waals surface area contributed by atoms with E-state index in [1.807, 2.05) is 44.4 Å². The Kier molecular flexibility index (Phi) is 8.41. The minimum Gasteiger partial charge on any atom is -0.497 e. The molecule has 0 fully saturated rings. The fourth-order valence-electron chi connectivity index (χ4n) is 2.80. The second kappa shape index (κ2) is 10.0. The van der Waals surface area contributed by atoms with Crippen molar-refractivity contribution in [2.45, 2.75) is 46.7 Å². The van der Waals surface area contributed by atoms with Gasteiger partial charge >= 0.3 is 0 Å². The molecule has 0 saturated carbocycles. The third-order valence-electron chi connectivity index (χ3n) is 3.95. The lowest BCUT2D eigenvalue weighted by Gasteiger charge is -2.32. The number of amides is 2. The van der Waals surface area contributed by atoms with Gasteiger partial charge in [-0.3, -0.25) is 14.5 Å². The lowest BCUT2D eigenvalue weighted by Crippen LogP contribution is -2.48. The third kappa shape index (κ3) is 6.74. The van der Waals surface area contributed by atoms with Gasteiger partial charge in [0.1, 0.15) is 5.75 Å². The number of ether oxygens (including phenoxy) is 1. The van der Waals surface area contributed by atoms with Gasteiger partial charge in [0.25, 0.3) is 0 Å². The molecular formula is C19H31N3O3. The van der Waals surface area contributed by atoms with Crippen LogP contribution in [0.1, 0.15) is 34.6 Å². The number of hydrogen-bond donors (Lipinski definition) is 1. The Bertz CT molecular complexity index is 548. The standard InChI is InChI=1S/C19H31N3O3/c1-7-21(13-19(24)22(14(2)3)15(4)5)12-18(23)20-16-8-10-17(25-6)11-9-16/h8-11,14-15H,7,12-13H2,1-6H3,(H,20,23). The molecule has 6 heteroatoms. The van der Waals surface area contributed by atoms with Crippen molar-refractivity contribution in [3.05, 3.63) is 24.3 Å². The van der Waals surface area contributed by atoms with Gasteiger partial charge in [0.15, 0.2) is 0 Å². The average molecular weight is 349 g/mol. The number of nitrogens with one attached hydrogen (secondary N) is 1. The average Bonchev–Trinajstić information content (AvgIpc) is 2.54. The molecule has 0 aromatic heterocycles. The van der Waals surface area contributed by atoms with Crippen LogP contribution in [0.5, 0.6) is 5.75 Å². The van der Waals surface area contributed by atoms with E-state index in [1.54, 1.807) is 31.4 Å². The molecule has 0 unspecified atom stereocenters. The molecule has 140 valence electrons. The summed E-state index contributed by atoms with van der Waals surface area (Å²) in [5.41, 5.74) is 0.708. The zero-order valence-corrected chi connectivity index (χ0v) is 16.2. The number of nitrogens with zero attached hydrogens (tertiary/aromatic N) is 2. The van der Waals surface area contributed by atoms with Crippen LogP contribution in [-0.2, 0) is 9.59 Å². The van der Waals surface area contributed by atoms with Crippen molar-refractivity contribution in [3.63, 3.8) is 0 Å². The fraction of sp³-hybridized carbons (Fsp3) is 0.579. The largest absolute Gasteiger partial charge is 0.497 e. The molecule has 0 radical (unpaired) electrons. The highest BCUT2D eigenvalue weighted by Gasteiger charge is 2.22. The number of rotatable bonds is 9. The smallest absolute Gasteiger partial charge is 0.238 e. The van der Waals surface area contributed by atoms with Gasteiger partial charge in [0, 0.05) is 17.8 Å². The maximum Gasteiger partial charge on any atom is 0.238 e. The van der Waals surface area contributed by atoms with Crippen LogP contribution >= 0.6 is 0 Å². The second-order valence-corrected chi connectivity index (χ2v) is 6.57. The minimum absolute atomic E-state index is 0.0455. The molecule has 6 nitrogen and oxygen atoms in total. The third-order valence-corrected chi connectivity index (χ3v) is 3.95.